The molecule has 1 heterocycles. The van der Waals surface area contributed by atoms with Gasteiger partial charge < -0.3 is 9.47 Å². The fourth-order valence-corrected chi connectivity index (χ4v) is 12.4. The van der Waals surface area contributed by atoms with Crippen molar-refractivity contribution in [2.45, 2.75) is 132 Å². The van der Waals surface area contributed by atoms with Crippen molar-refractivity contribution < 1.29 is 14.3 Å². The first-order chi connectivity index (χ1) is 16.2. The molecule has 0 spiro atoms. The van der Waals surface area contributed by atoms with Crippen molar-refractivity contribution in [2.24, 2.45) is 56.2 Å². The highest BCUT2D eigenvalue weighted by atomic mass is 16.5. The van der Waals surface area contributed by atoms with Crippen LogP contribution in [-0.2, 0) is 14.3 Å². The fraction of sp³-hybridized carbons (Fsp3) is 0.969. The van der Waals surface area contributed by atoms with Crippen LogP contribution in [0.5, 0.6) is 0 Å². The Morgan fingerprint density at radius 3 is 2.20 bits per heavy atom. The van der Waals surface area contributed by atoms with Crippen LogP contribution < -0.4 is 0 Å². The molecule has 0 radical (unpaired) electrons. The van der Waals surface area contributed by atoms with E-state index in [-0.39, 0.29) is 17.5 Å². The van der Waals surface area contributed by atoms with Gasteiger partial charge in [0.15, 0.2) is 0 Å². The maximum absolute atomic E-state index is 11.9. The van der Waals surface area contributed by atoms with Crippen molar-refractivity contribution in [2.75, 3.05) is 6.61 Å². The minimum atomic E-state index is -0.108. The van der Waals surface area contributed by atoms with Crippen molar-refractivity contribution in [1.29, 1.82) is 0 Å². The Morgan fingerprint density at radius 1 is 0.771 bits per heavy atom. The van der Waals surface area contributed by atoms with Crippen molar-refractivity contribution >= 4 is 5.97 Å². The van der Waals surface area contributed by atoms with Crippen LogP contribution >= 0.6 is 0 Å². The summed E-state index contributed by atoms with van der Waals surface area (Å²) in [5.41, 5.74) is 2.00. The summed E-state index contributed by atoms with van der Waals surface area (Å²) in [7, 11) is 0. The molecule has 0 amide bonds. The fourth-order valence-electron chi connectivity index (χ4n) is 12.4. The van der Waals surface area contributed by atoms with Gasteiger partial charge in [0.2, 0.25) is 0 Å². The van der Waals surface area contributed by atoms with Gasteiger partial charge >= 0.3 is 5.97 Å². The summed E-state index contributed by atoms with van der Waals surface area (Å²) in [4.78, 5) is 11.9. The van der Waals surface area contributed by atoms with Crippen LogP contribution in [0.1, 0.15) is 120 Å². The van der Waals surface area contributed by atoms with E-state index in [4.69, 9.17) is 9.47 Å². The molecule has 0 N–H and O–H groups in total. The highest BCUT2D eigenvalue weighted by Crippen LogP contribution is 2.78. The Bertz CT molecular complexity index is 906. The third kappa shape index (κ3) is 2.97. The van der Waals surface area contributed by atoms with Gasteiger partial charge in [0.25, 0.3) is 0 Å². The van der Waals surface area contributed by atoms with Crippen molar-refractivity contribution in [3.05, 3.63) is 0 Å². The molecule has 0 aromatic rings. The van der Waals surface area contributed by atoms with Crippen LogP contribution in [0.15, 0.2) is 0 Å². The average molecular weight is 485 g/mol. The summed E-state index contributed by atoms with van der Waals surface area (Å²) < 4.78 is 12.7. The molecular formula is C32H52O3. The molecule has 0 aromatic heterocycles. The third-order valence-corrected chi connectivity index (χ3v) is 14.4. The van der Waals surface area contributed by atoms with E-state index in [1.165, 1.54) is 57.8 Å². The molecule has 1 aliphatic heterocycles. The molecule has 10 atom stereocenters. The zero-order valence-corrected chi connectivity index (χ0v) is 24.0. The predicted molar refractivity (Wildman–Crippen MR) is 140 cm³/mol. The highest BCUT2D eigenvalue weighted by Gasteiger charge is 2.72. The first-order valence-corrected chi connectivity index (χ1v) is 15.0. The van der Waals surface area contributed by atoms with Crippen molar-refractivity contribution in [1.82, 2.24) is 0 Å². The van der Waals surface area contributed by atoms with Gasteiger partial charge in [-0.2, -0.15) is 0 Å². The number of fused-ring (bicyclic) bond motifs is 5. The molecule has 1 saturated heterocycles. The largest absolute Gasteiger partial charge is 0.462 e. The minimum Gasteiger partial charge on any atom is -0.462 e. The second kappa shape index (κ2) is 7.29. The Balaban J connectivity index is 1.35. The lowest BCUT2D eigenvalue weighted by molar-refractivity contribution is -0.254. The van der Waals surface area contributed by atoms with Gasteiger partial charge in [-0.25, -0.2) is 0 Å². The lowest BCUT2D eigenvalue weighted by Gasteiger charge is -2.73. The maximum Gasteiger partial charge on any atom is 0.302 e. The van der Waals surface area contributed by atoms with Crippen LogP contribution in [0.3, 0.4) is 0 Å². The average Bonchev–Trinajstić information content (AvgIpc) is 3.10. The Hall–Kier alpha value is -0.570. The number of carbonyl (C=O) groups excluding carboxylic acids is 1. The van der Waals surface area contributed by atoms with Crippen LogP contribution in [0.4, 0.5) is 0 Å². The zero-order chi connectivity index (χ0) is 25.2. The molecule has 0 unspecified atom stereocenters. The topological polar surface area (TPSA) is 35.5 Å². The Labute approximate surface area is 214 Å². The van der Waals surface area contributed by atoms with E-state index >= 15 is 0 Å². The standard InChI is InChI=1S/C32H52O3/c1-20(33)35-24-12-13-29(6)22(28(24,4)5)11-14-31(8)23(29)10-9-21-25-26-27(2,3)15-17-32(25,19-34-26)18-16-30(21,31)7/h21-26H,9-19H2,1-8H3/t21-,22-,23-,24-,25+,26-,29-,30-,31-,32-/m1/s1. The van der Waals surface area contributed by atoms with E-state index in [1.54, 1.807) is 6.92 Å². The van der Waals surface area contributed by atoms with Crippen LogP contribution in [-0.4, -0.2) is 24.8 Å². The van der Waals surface area contributed by atoms with E-state index in [2.05, 4.69) is 48.5 Å². The van der Waals surface area contributed by atoms with Crippen LogP contribution in [0, 0.1) is 56.2 Å². The van der Waals surface area contributed by atoms with Crippen molar-refractivity contribution in [3.63, 3.8) is 0 Å². The molecule has 0 aromatic carbocycles. The first-order valence-electron chi connectivity index (χ1n) is 15.0. The number of hydrogen-bond donors (Lipinski definition) is 0. The number of hydrogen-bond acceptors (Lipinski definition) is 3. The van der Waals surface area contributed by atoms with Gasteiger partial charge in [-0.1, -0.05) is 48.5 Å². The molecule has 2 bridgehead atoms. The lowest BCUT2D eigenvalue weighted by atomic mass is 9.31. The Kier molecular flexibility index (Phi) is 5.16. The zero-order valence-electron chi connectivity index (χ0n) is 24.0. The number of esters is 1. The number of ether oxygens (including phenoxy) is 2. The van der Waals surface area contributed by atoms with E-state index in [0.717, 1.165) is 30.8 Å². The van der Waals surface area contributed by atoms with Gasteiger partial charge in [0.1, 0.15) is 6.10 Å². The summed E-state index contributed by atoms with van der Waals surface area (Å²) in [5.74, 6) is 2.88. The van der Waals surface area contributed by atoms with Gasteiger partial charge in [-0.05, 0) is 115 Å². The smallest absolute Gasteiger partial charge is 0.302 e. The molecule has 198 valence electrons. The molecule has 5 aliphatic carbocycles. The third-order valence-electron chi connectivity index (χ3n) is 14.4. The number of carbonyl (C=O) groups is 1. The summed E-state index contributed by atoms with van der Waals surface area (Å²) >= 11 is 0. The second-order valence-corrected chi connectivity index (χ2v) is 16.2. The van der Waals surface area contributed by atoms with Gasteiger partial charge in [-0.15, -0.1) is 0 Å². The van der Waals surface area contributed by atoms with Crippen LogP contribution in [0.25, 0.3) is 0 Å². The van der Waals surface area contributed by atoms with Gasteiger partial charge in [0, 0.05) is 12.3 Å². The monoisotopic (exact) mass is 484 g/mol. The molecule has 3 heteroatoms. The van der Waals surface area contributed by atoms with Gasteiger partial charge in [0.05, 0.1) is 12.7 Å². The predicted octanol–water partition coefficient (Wildman–Crippen LogP) is 7.81. The summed E-state index contributed by atoms with van der Waals surface area (Å²) in [5, 5.41) is 0. The molecular weight excluding hydrogens is 432 g/mol. The molecule has 6 rings (SSSR count). The first kappa shape index (κ1) is 24.7. The molecule has 6 aliphatic rings. The highest BCUT2D eigenvalue weighted by molar-refractivity contribution is 5.66. The molecule has 5 saturated carbocycles. The summed E-state index contributed by atoms with van der Waals surface area (Å²) in [6.45, 7) is 20.5. The summed E-state index contributed by atoms with van der Waals surface area (Å²) in [6, 6.07) is 0. The van der Waals surface area contributed by atoms with E-state index < -0.39 is 0 Å². The minimum absolute atomic E-state index is 0.0503. The van der Waals surface area contributed by atoms with E-state index in [0.29, 0.717) is 39.1 Å². The SMILES string of the molecule is CC(=O)O[C@@H]1CC[C@]2(C)[C@H](CC[C@]3(C)[C@@H]2CC[C@@H]2[C@H]4[C@H]5OC[C@@]4(CCC5(C)C)CC[C@]23C)C1(C)C. The molecule has 35 heavy (non-hydrogen) atoms. The molecule has 3 nitrogen and oxygen atoms in total. The number of rotatable bonds is 1. The Morgan fingerprint density at radius 2 is 1.49 bits per heavy atom. The van der Waals surface area contributed by atoms with E-state index in [1.807, 2.05) is 0 Å². The second-order valence-electron chi connectivity index (χ2n) is 16.2. The normalized spacial score (nSPS) is 55.7. The van der Waals surface area contributed by atoms with E-state index in [9.17, 15) is 4.79 Å². The maximum atomic E-state index is 11.9. The van der Waals surface area contributed by atoms with Crippen molar-refractivity contribution in [3.8, 4) is 0 Å². The lowest BCUT2D eigenvalue weighted by Crippen LogP contribution is -2.67. The van der Waals surface area contributed by atoms with Crippen LogP contribution in [0.2, 0.25) is 0 Å². The quantitative estimate of drug-likeness (QED) is 0.356. The molecule has 6 fully saturated rings. The van der Waals surface area contributed by atoms with Gasteiger partial charge in [-0.3, -0.25) is 4.79 Å². The summed E-state index contributed by atoms with van der Waals surface area (Å²) in [6.07, 6.45) is 13.7.